The summed E-state index contributed by atoms with van der Waals surface area (Å²) in [6.07, 6.45) is 1.47. The summed E-state index contributed by atoms with van der Waals surface area (Å²) in [5.74, 6) is 0.220. The standard InChI is InChI=1S/C15H11ClN4O3/c1-22-14-7-2-10(16)8-13(14)15(21)23-12-5-3-11(4-6-12)20-9-17-18-19-20/h2-9H,1H3. The number of ether oxygens (including phenoxy) is 2. The van der Waals surface area contributed by atoms with Gasteiger partial charge >= 0.3 is 5.97 Å². The van der Waals surface area contributed by atoms with Crippen LogP contribution in [0.1, 0.15) is 10.4 Å². The maximum atomic E-state index is 12.3. The number of tetrazole rings is 1. The van der Waals surface area contributed by atoms with Gasteiger partial charge in [-0.15, -0.1) is 5.10 Å². The minimum atomic E-state index is -0.556. The minimum Gasteiger partial charge on any atom is -0.496 e. The highest BCUT2D eigenvalue weighted by Gasteiger charge is 2.15. The zero-order valence-electron chi connectivity index (χ0n) is 12.0. The van der Waals surface area contributed by atoms with Gasteiger partial charge < -0.3 is 9.47 Å². The van der Waals surface area contributed by atoms with Crippen LogP contribution in [0.4, 0.5) is 0 Å². The number of esters is 1. The van der Waals surface area contributed by atoms with E-state index in [0.717, 1.165) is 5.69 Å². The Morgan fingerprint density at radius 1 is 1.17 bits per heavy atom. The predicted octanol–water partition coefficient (Wildman–Crippen LogP) is 2.54. The third-order valence-corrected chi connectivity index (χ3v) is 3.28. The van der Waals surface area contributed by atoms with Crippen molar-refractivity contribution in [3.05, 3.63) is 59.4 Å². The van der Waals surface area contributed by atoms with Gasteiger partial charge in [0.2, 0.25) is 0 Å². The van der Waals surface area contributed by atoms with Crippen LogP contribution in [0, 0.1) is 0 Å². The molecule has 3 aromatic rings. The Morgan fingerprint density at radius 2 is 1.96 bits per heavy atom. The molecule has 0 amide bonds. The lowest BCUT2D eigenvalue weighted by Gasteiger charge is -2.09. The fourth-order valence-corrected chi connectivity index (χ4v) is 2.12. The van der Waals surface area contributed by atoms with E-state index in [0.29, 0.717) is 16.5 Å². The van der Waals surface area contributed by atoms with Gasteiger partial charge in [0.1, 0.15) is 23.4 Å². The van der Waals surface area contributed by atoms with Gasteiger partial charge in [-0.1, -0.05) is 11.6 Å². The molecule has 0 aliphatic heterocycles. The lowest BCUT2D eigenvalue weighted by Crippen LogP contribution is -2.10. The Balaban J connectivity index is 1.79. The summed E-state index contributed by atoms with van der Waals surface area (Å²) in [6, 6.07) is 11.5. The zero-order chi connectivity index (χ0) is 16.2. The number of carbonyl (C=O) groups is 1. The average Bonchev–Trinajstić information content (AvgIpc) is 3.10. The number of hydrogen-bond donors (Lipinski definition) is 0. The molecule has 0 fully saturated rings. The molecule has 1 heterocycles. The van der Waals surface area contributed by atoms with Crippen molar-refractivity contribution in [2.75, 3.05) is 7.11 Å². The van der Waals surface area contributed by atoms with Gasteiger partial charge in [0.25, 0.3) is 0 Å². The first-order valence-electron chi connectivity index (χ1n) is 6.56. The number of aromatic nitrogens is 4. The Bertz CT molecular complexity index is 819. The highest BCUT2D eigenvalue weighted by Crippen LogP contribution is 2.24. The van der Waals surface area contributed by atoms with Crippen LogP contribution in [0.3, 0.4) is 0 Å². The Labute approximate surface area is 136 Å². The number of rotatable bonds is 4. The third-order valence-electron chi connectivity index (χ3n) is 3.04. The molecule has 0 saturated carbocycles. The minimum absolute atomic E-state index is 0.254. The molecule has 7 nitrogen and oxygen atoms in total. The van der Waals surface area contributed by atoms with Gasteiger partial charge in [-0.25, -0.2) is 9.48 Å². The summed E-state index contributed by atoms with van der Waals surface area (Å²) >= 11 is 5.91. The van der Waals surface area contributed by atoms with E-state index < -0.39 is 5.97 Å². The molecule has 2 aromatic carbocycles. The van der Waals surface area contributed by atoms with E-state index in [9.17, 15) is 4.79 Å². The number of carbonyl (C=O) groups excluding carboxylic acids is 1. The Morgan fingerprint density at radius 3 is 2.61 bits per heavy atom. The number of benzene rings is 2. The van der Waals surface area contributed by atoms with Crippen LogP contribution >= 0.6 is 11.6 Å². The lowest BCUT2D eigenvalue weighted by molar-refractivity contribution is 0.0731. The van der Waals surface area contributed by atoms with Gasteiger partial charge in [0.05, 0.1) is 12.8 Å². The summed E-state index contributed by atoms with van der Waals surface area (Å²) < 4.78 is 12.0. The maximum Gasteiger partial charge on any atom is 0.347 e. The highest BCUT2D eigenvalue weighted by atomic mass is 35.5. The second-order valence-corrected chi connectivity index (χ2v) is 4.92. The predicted molar refractivity (Wildman–Crippen MR) is 82.1 cm³/mol. The van der Waals surface area contributed by atoms with Crippen LogP contribution < -0.4 is 9.47 Å². The van der Waals surface area contributed by atoms with E-state index in [2.05, 4.69) is 15.5 Å². The summed E-state index contributed by atoms with van der Waals surface area (Å²) in [7, 11) is 1.47. The molecule has 0 radical (unpaired) electrons. The number of halogens is 1. The van der Waals surface area contributed by atoms with Crippen molar-refractivity contribution < 1.29 is 14.3 Å². The van der Waals surface area contributed by atoms with Crippen LogP contribution in [0.15, 0.2) is 48.8 Å². The van der Waals surface area contributed by atoms with Crippen LogP contribution in [0.2, 0.25) is 5.02 Å². The Kier molecular flexibility index (Phi) is 4.20. The highest BCUT2D eigenvalue weighted by molar-refractivity contribution is 6.31. The van der Waals surface area contributed by atoms with Crippen molar-refractivity contribution in [2.45, 2.75) is 0 Å². The van der Waals surface area contributed by atoms with Crippen LogP contribution in [-0.2, 0) is 0 Å². The number of nitrogens with zero attached hydrogens (tertiary/aromatic N) is 4. The third kappa shape index (κ3) is 3.29. The van der Waals surface area contributed by atoms with Gasteiger partial charge in [0.15, 0.2) is 0 Å². The van der Waals surface area contributed by atoms with Crippen molar-refractivity contribution in [1.29, 1.82) is 0 Å². The van der Waals surface area contributed by atoms with Crippen molar-refractivity contribution in [3.8, 4) is 17.2 Å². The molecule has 8 heteroatoms. The second-order valence-electron chi connectivity index (χ2n) is 4.48. The lowest BCUT2D eigenvalue weighted by atomic mass is 10.2. The molecular formula is C15H11ClN4O3. The number of methoxy groups -OCH3 is 1. The van der Waals surface area contributed by atoms with E-state index in [4.69, 9.17) is 21.1 Å². The molecule has 3 rings (SSSR count). The molecule has 0 aliphatic carbocycles. The van der Waals surface area contributed by atoms with Crippen molar-refractivity contribution in [3.63, 3.8) is 0 Å². The average molecular weight is 331 g/mol. The summed E-state index contributed by atoms with van der Waals surface area (Å²) in [5, 5.41) is 11.3. The molecule has 1 aromatic heterocycles. The summed E-state index contributed by atoms with van der Waals surface area (Å²) in [4.78, 5) is 12.3. The smallest absolute Gasteiger partial charge is 0.347 e. The molecule has 0 aliphatic rings. The molecule has 0 atom stereocenters. The monoisotopic (exact) mass is 330 g/mol. The molecule has 0 N–H and O–H groups in total. The van der Waals surface area contributed by atoms with E-state index in [-0.39, 0.29) is 5.56 Å². The first-order valence-corrected chi connectivity index (χ1v) is 6.94. The van der Waals surface area contributed by atoms with Crippen molar-refractivity contribution in [2.24, 2.45) is 0 Å². The van der Waals surface area contributed by atoms with Gasteiger partial charge in [-0.3, -0.25) is 0 Å². The first-order chi connectivity index (χ1) is 11.2. The molecule has 23 heavy (non-hydrogen) atoms. The quantitative estimate of drug-likeness (QED) is 0.540. The molecular weight excluding hydrogens is 320 g/mol. The summed E-state index contributed by atoms with van der Waals surface area (Å²) in [5.41, 5.74) is 1.000. The van der Waals surface area contributed by atoms with Crippen molar-refractivity contribution in [1.82, 2.24) is 20.2 Å². The molecule has 0 unspecified atom stereocenters. The zero-order valence-corrected chi connectivity index (χ0v) is 12.8. The first kappa shape index (κ1) is 15.0. The van der Waals surface area contributed by atoms with E-state index in [1.165, 1.54) is 24.2 Å². The van der Waals surface area contributed by atoms with Crippen LogP contribution in [0.25, 0.3) is 5.69 Å². The van der Waals surface area contributed by atoms with Crippen LogP contribution in [0.5, 0.6) is 11.5 Å². The molecule has 0 bridgehead atoms. The maximum absolute atomic E-state index is 12.3. The second kappa shape index (κ2) is 6.45. The van der Waals surface area contributed by atoms with Gasteiger partial charge in [-0.2, -0.15) is 0 Å². The molecule has 116 valence electrons. The van der Waals surface area contributed by atoms with E-state index in [1.54, 1.807) is 36.4 Å². The largest absolute Gasteiger partial charge is 0.496 e. The number of hydrogen-bond acceptors (Lipinski definition) is 6. The fourth-order valence-electron chi connectivity index (χ4n) is 1.95. The molecule has 0 spiro atoms. The van der Waals surface area contributed by atoms with Crippen molar-refractivity contribution >= 4 is 17.6 Å². The van der Waals surface area contributed by atoms with Gasteiger partial charge in [-0.05, 0) is 52.9 Å². The fraction of sp³-hybridized carbons (Fsp3) is 0.0667. The van der Waals surface area contributed by atoms with Gasteiger partial charge in [0, 0.05) is 5.02 Å². The Hall–Kier alpha value is -2.93. The topological polar surface area (TPSA) is 79.1 Å². The van der Waals surface area contributed by atoms with E-state index in [1.807, 2.05) is 0 Å². The molecule has 0 saturated heterocycles. The van der Waals surface area contributed by atoms with Crippen LogP contribution in [-0.4, -0.2) is 33.3 Å². The SMILES string of the molecule is COc1ccc(Cl)cc1C(=O)Oc1ccc(-n2cnnn2)cc1. The normalized spacial score (nSPS) is 10.3. The summed E-state index contributed by atoms with van der Waals surface area (Å²) in [6.45, 7) is 0. The van der Waals surface area contributed by atoms with E-state index >= 15 is 0 Å².